The van der Waals surface area contributed by atoms with Crippen molar-refractivity contribution in [1.29, 1.82) is 0 Å². The molecule has 0 bridgehead atoms. The van der Waals surface area contributed by atoms with Crippen LogP contribution >= 0.6 is 0 Å². The van der Waals surface area contributed by atoms with Gasteiger partial charge < -0.3 is 0 Å². The number of carbonyl (C=O) groups is 1. The van der Waals surface area contributed by atoms with Gasteiger partial charge in [-0.15, -0.1) is 12.3 Å². The summed E-state index contributed by atoms with van der Waals surface area (Å²) in [6.45, 7) is 0. The summed E-state index contributed by atoms with van der Waals surface area (Å²) in [6, 6.07) is 0. The second kappa shape index (κ2) is 3.41. The van der Waals surface area contributed by atoms with Crippen LogP contribution in [-0.4, -0.2) is 5.78 Å². The van der Waals surface area contributed by atoms with Crippen molar-refractivity contribution >= 4 is 5.78 Å². The highest BCUT2D eigenvalue weighted by atomic mass is 16.1. The van der Waals surface area contributed by atoms with E-state index in [1.54, 1.807) is 0 Å². The van der Waals surface area contributed by atoms with Crippen molar-refractivity contribution in [3.8, 4) is 12.3 Å². The van der Waals surface area contributed by atoms with Crippen molar-refractivity contribution < 1.29 is 4.79 Å². The normalized spacial score (nSPS) is 24.7. The predicted octanol–water partition coefficient (Wildman–Crippen LogP) is 1.77. The van der Waals surface area contributed by atoms with Gasteiger partial charge in [-0.25, -0.2) is 0 Å². The van der Waals surface area contributed by atoms with Gasteiger partial charge in [0.25, 0.3) is 0 Å². The Morgan fingerprint density at radius 1 is 1.70 bits per heavy atom. The lowest BCUT2D eigenvalue weighted by Gasteiger charge is -2.02. The molecule has 0 amide bonds. The minimum atomic E-state index is 0.302. The molecule has 0 spiro atoms. The molecule has 10 heavy (non-hydrogen) atoms. The van der Waals surface area contributed by atoms with Crippen LogP contribution in [0.25, 0.3) is 0 Å². The molecule has 1 fully saturated rings. The van der Waals surface area contributed by atoms with E-state index in [0.717, 1.165) is 32.1 Å². The predicted molar refractivity (Wildman–Crippen MR) is 40.4 cm³/mol. The molecule has 1 aliphatic carbocycles. The number of carbonyl (C=O) groups excluding carboxylic acids is 1. The van der Waals surface area contributed by atoms with Crippen LogP contribution < -0.4 is 0 Å². The third kappa shape index (κ3) is 1.60. The van der Waals surface area contributed by atoms with Crippen LogP contribution in [0.1, 0.15) is 32.1 Å². The first kappa shape index (κ1) is 7.34. The van der Waals surface area contributed by atoms with Crippen molar-refractivity contribution in [2.45, 2.75) is 32.1 Å². The highest BCUT2D eigenvalue weighted by Gasteiger charge is 2.22. The largest absolute Gasteiger partial charge is 0.299 e. The maximum Gasteiger partial charge on any atom is 0.136 e. The molecule has 0 aliphatic heterocycles. The molecular weight excluding hydrogens is 124 g/mol. The van der Waals surface area contributed by atoms with Crippen molar-refractivity contribution in [3.05, 3.63) is 0 Å². The highest BCUT2D eigenvalue weighted by molar-refractivity contribution is 5.82. The summed E-state index contributed by atoms with van der Waals surface area (Å²) in [6.07, 6.45) is 9.70. The Kier molecular flexibility index (Phi) is 2.50. The van der Waals surface area contributed by atoms with Crippen LogP contribution in [0.15, 0.2) is 0 Å². The van der Waals surface area contributed by atoms with E-state index in [1.807, 2.05) is 0 Å². The number of Topliss-reactive ketones (excluding diaryl/α,β-unsaturated/α-hetero) is 1. The monoisotopic (exact) mass is 136 g/mol. The maximum atomic E-state index is 11.0. The molecule has 1 saturated carbocycles. The van der Waals surface area contributed by atoms with Crippen LogP contribution in [-0.2, 0) is 4.79 Å². The first-order chi connectivity index (χ1) is 4.84. The summed E-state index contributed by atoms with van der Waals surface area (Å²) >= 11 is 0. The van der Waals surface area contributed by atoms with Crippen molar-refractivity contribution in [2.75, 3.05) is 0 Å². The van der Waals surface area contributed by atoms with Gasteiger partial charge in [0.1, 0.15) is 5.78 Å². The van der Waals surface area contributed by atoms with Crippen LogP contribution in [0, 0.1) is 18.3 Å². The molecule has 1 atom stereocenters. The average Bonchev–Trinajstić information content (AvgIpc) is 2.31. The van der Waals surface area contributed by atoms with Gasteiger partial charge in [0, 0.05) is 18.8 Å². The minimum absolute atomic E-state index is 0.302. The molecule has 0 radical (unpaired) electrons. The Morgan fingerprint density at radius 3 is 3.00 bits per heavy atom. The lowest BCUT2D eigenvalue weighted by atomic mass is 10.0. The summed E-state index contributed by atoms with van der Waals surface area (Å²) in [5, 5.41) is 0. The fourth-order valence-electron chi connectivity index (χ4n) is 1.45. The minimum Gasteiger partial charge on any atom is -0.299 e. The molecule has 0 N–H and O–H groups in total. The summed E-state index contributed by atoms with van der Waals surface area (Å²) in [7, 11) is 0. The van der Waals surface area contributed by atoms with Crippen molar-refractivity contribution in [2.24, 2.45) is 5.92 Å². The van der Waals surface area contributed by atoms with E-state index in [9.17, 15) is 4.79 Å². The lowest BCUT2D eigenvalue weighted by Crippen LogP contribution is -2.04. The zero-order chi connectivity index (χ0) is 7.40. The third-order valence-corrected chi connectivity index (χ3v) is 2.07. The Hall–Kier alpha value is -0.770. The van der Waals surface area contributed by atoms with Crippen LogP contribution in [0.2, 0.25) is 0 Å². The molecule has 54 valence electrons. The van der Waals surface area contributed by atoms with Crippen LogP contribution in [0.5, 0.6) is 0 Å². The van der Waals surface area contributed by atoms with Gasteiger partial charge in [-0.05, 0) is 19.3 Å². The number of hydrogen-bond acceptors (Lipinski definition) is 1. The molecule has 1 heteroatoms. The summed E-state index contributed by atoms with van der Waals surface area (Å²) in [5.74, 6) is 3.29. The van der Waals surface area contributed by atoms with E-state index in [1.165, 1.54) is 0 Å². The molecule has 1 rings (SSSR count). The Labute approximate surface area is 61.8 Å². The topological polar surface area (TPSA) is 17.1 Å². The van der Waals surface area contributed by atoms with E-state index >= 15 is 0 Å². The molecule has 1 aliphatic rings. The van der Waals surface area contributed by atoms with Gasteiger partial charge in [-0.1, -0.05) is 0 Å². The van der Waals surface area contributed by atoms with E-state index in [-0.39, 0.29) is 0 Å². The van der Waals surface area contributed by atoms with Crippen LogP contribution in [0.4, 0.5) is 0 Å². The molecule has 0 aromatic rings. The Morgan fingerprint density at radius 2 is 2.50 bits per heavy atom. The zero-order valence-corrected chi connectivity index (χ0v) is 6.10. The zero-order valence-electron chi connectivity index (χ0n) is 6.10. The number of rotatable bonds is 2. The number of ketones is 1. The Balaban J connectivity index is 2.28. The van der Waals surface area contributed by atoms with Gasteiger partial charge >= 0.3 is 0 Å². The molecule has 0 saturated heterocycles. The highest BCUT2D eigenvalue weighted by Crippen LogP contribution is 2.24. The summed E-state index contributed by atoms with van der Waals surface area (Å²) in [4.78, 5) is 11.0. The second-order valence-corrected chi connectivity index (χ2v) is 2.80. The summed E-state index contributed by atoms with van der Waals surface area (Å²) in [5.41, 5.74) is 0. The van der Waals surface area contributed by atoms with Crippen molar-refractivity contribution in [3.63, 3.8) is 0 Å². The first-order valence-electron chi connectivity index (χ1n) is 3.81. The summed E-state index contributed by atoms with van der Waals surface area (Å²) < 4.78 is 0. The lowest BCUT2D eigenvalue weighted by molar-refractivity contribution is -0.120. The van der Waals surface area contributed by atoms with E-state index in [4.69, 9.17) is 6.42 Å². The van der Waals surface area contributed by atoms with Crippen molar-refractivity contribution in [1.82, 2.24) is 0 Å². The van der Waals surface area contributed by atoms with Gasteiger partial charge in [-0.3, -0.25) is 4.79 Å². The fourth-order valence-corrected chi connectivity index (χ4v) is 1.45. The van der Waals surface area contributed by atoms with Gasteiger partial charge in [0.15, 0.2) is 0 Å². The van der Waals surface area contributed by atoms with Gasteiger partial charge in [-0.2, -0.15) is 0 Å². The van der Waals surface area contributed by atoms with Gasteiger partial charge in [0.05, 0.1) is 0 Å². The van der Waals surface area contributed by atoms with E-state index in [2.05, 4.69) is 5.92 Å². The number of hydrogen-bond donors (Lipinski definition) is 0. The maximum absolute atomic E-state index is 11.0. The van der Waals surface area contributed by atoms with E-state index in [0.29, 0.717) is 11.7 Å². The molecular formula is C9H12O. The average molecular weight is 136 g/mol. The first-order valence-corrected chi connectivity index (χ1v) is 3.81. The quantitative estimate of drug-likeness (QED) is 0.529. The second-order valence-electron chi connectivity index (χ2n) is 2.80. The molecule has 0 aromatic carbocycles. The third-order valence-electron chi connectivity index (χ3n) is 2.07. The van der Waals surface area contributed by atoms with E-state index < -0.39 is 0 Å². The Bertz CT molecular complexity index is 164. The van der Waals surface area contributed by atoms with Crippen LogP contribution in [0.3, 0.4) is 0 Å². The fraction of sp³-hybridized carbons (Fsp3) is 0.667. The van der Waals surface area contributed by atoms with Gasteiger partial charge in [0.2, 0.25) is 0 Å². The number of terminal acetylenes is 1. The molecule has 1 nitrogen and oxygen atoms in total. The SMILES string of the molecule is C#CCCC1CCCC1=O. The molecule has 0 aromatic heterocycles. The molecule has 1 unspecified atom stereocenters. The molecule has 0 heterocycles. The smallest absolute Gasteiger partial charge is 0.136 e. The standard InChI is InChI=1S/C9H12O/c1-2-3-5-8-6-4-7-9(8)10/h1,8H,3-7H2.